The Morgan fingerprint density at radius 3 is 2.34 bits per heavy atom. The second kappa shape index (κ2) is 9.20. The van der Waals surface area contributed by atoms with Crippen molar-refractivity contribution in [1.29, 1.82) is 0 Å². The molecule has 0 unspecified atom stereocenters. The van der Waals surface area contributed by atoms with Gasteiger partial charge in [-0.15, -0.1) is 0 Å². The van der Waals surface area contributed by atoms with Gasteiger partial charge in [0, 0.05) is 26.2 Å². The molecule has 29 heavy (non-hydrogen) atoms. The summed E-state index contributed by atoms with van der Waals surface area (Å²) in [7, 11) is 0. The molecule has 152 valence electrons. The Morgan fingerprint density at radius 2 is 1.62 bits per heavy atom. The largest absolute Gasteiger partial charge is 0.374 e. The summed E-state index contributed by atoms with van der Waals surface area (Å²) < 4.78 is 5.69. The lowest BCUT2D eigenvalue weighted by atomic mass is 10.0. The van der Waals surface area contributed by atoms with Crippen molar-refractivity contribution in [3.63, 3.8) is 0 Å². The highest BCUT2D eigenvalue weighted by Gasteiger charge is 2.43. The number of hydrogen-bond donors (Lipinski definition) is 1. The maximum absolute atomic E-state index is 12.8. The summed E-state index contributed by atoms with van der Waals surface area (Å²) in [4.78, 5) is 29.5. The predicted octanol–water partition coefficient (Wildman–Crippen LogP) is 1.46. The third kappa shape index (κ3) is 4.83. The maximum Gasteiger partial charge on any atom is 0.248 e. The van der Waals surface area contributed by atoms with E-state index >= 15 is 0 Å². The molecule has 0 aromatic heterocycles. The van der Waals surface area contributed by atoms with Crippen LogP contribution in [0.25, 0.3) is 0 Å². The van der Waals surface area contributed by atoms with Crippen LogP contribution in [0.2, 0.25) is 0 Å². The van der Waals surface area contributed by atoms with E-state index in [1.165, 1.54) is 5.56 Å². The van der Waals surface area contributed by atoms with Crippen molar-refractivity contribution in [3.8, 4) is 0 Å². The Balaban J connectivity index is 1.28. The van der Waals surface area contributed by atoms with E-state index in [2.05, 4.69) is 22.3 Å². The Labute approximate surface area is 171 Å². The number of piperazine rings is 2. The first-order chi connectivity index (χ1) is 14.2. The van der Waals surface area contributed by atoms with Crippen LogP contribution >= 0.6 is 0 Å². The fourth-order valence-corrected chi connectivity index (χ4v) is 3.97. The van der Waals surface area contributed by atoms with Gasteiger partial charge in [-0.3, -0.25) is 14.5 Å². The highest BCUT2D eigenvalue weighted by Crippen LogP contribution is 2.17. The van der Waals surface area contributed by atoms with Crippen molar-refractivity contribution >= 4 is 11.8 Å². The molecule has 2 aromatic carbocycles. The van der Waals surface area contributed by atoms with Gasteiger partial charge >= 0.3 is 0 Å². The molecule has 2 amide bonds. The Kier molecular flexibility index (Phi) is 6.22. The SMILES string of the molecule is O=C1N[C@@H](COCc2ccccc2)C(=O)N2CCN(CCc3ccccc3)C[C@H]12. The Morgan fingerprint density at radius 1 is 0.931 bits per heavy atom. The molecule has 2 atom stereocenters. The van der Waals surface area contributed by atoms with E-state index in [1.807, 2.05) is 48.5 Å². The van der Waals surface area contributed by atoms with Crippen molar-refractivity contribution in [2.75, 3.05) is 32.8 Å². The molecule has 0 aliphatic carbocycles. The number of carbonyl (C=O) groups excluding carboxylic acids is 2. The summed E-state index contributed by atoms with van der Waals surface area (Å²) in [5, 5.41) is 2.86. The van der Waals surface area contributed by atoms with Crippen LogP contribution in [0.3, 0.4) is 0 Å². The molecule has 6 nitrogen and oxygen atoms in total. The van der Waals surface area contributed by atoms with E-state index in [4.69, 9.17) is 4.74 Å². The van der Waals surface area contributed by atoms with Gasteiger partial charge in [0.2, 0.25) is 11.8 Å². The van der Waals surface area contributed by atoms with Crippen molar-refractivity contribution in [2.24, 2.45) is 0 Å². The molecule has 2 aliphatic heterocycles. The van der Waals surface area contributed by atoms with Crippen LogP contribution in [0.15, 0.2) is 60.7 Å². The minimum Gasteiger partial charge on any atom is -0.374 e. The Hall–Kier alpha value is -2.70. The molecule has 0 spiro atoms. The van der Waals surface area contributed by atoms with Gasteiger partial charge in [-0.25, -0.2) is 0 Å². The summed E-state index contributed by atoms with van der Waals surface area (Å²) in [6.45, 7) is 3.47. The number of ether oxygens (including phenoxy) is 1. The summed E-state index contributed by atoms with van der Waals surface area (Å²) in [6, 6.07) is 19.1. The molecule has 1 N–H and O–H groups in total. The van der Waals surface area contributed by atoms with Gasteiger partial charge in [-0.1, -0.05) is 60.7 Å². The predicted molar refractivity (Wildman–Crippen MR) is 110 cm³/mol. The van der Waals surface area contributed by atoms with Gasteiger partial charge in [-0.2, -0.15) is 0 Å². The zero-order valence-corrected chi connectivity index (χ0v) is 16.5. The lowest BCUT2D eigenvalue weighted by Gasteiger charge is -2.45. The smallest absolute Gasteiger partial charge is 0.248 e. The summed E-state index contributed by atoms with van der Waals surface area (Å²) in [6.07, 6.45) is 0.944. The summed E-state index contributed by atoms with van der Waals surface area (Å²) >= 11 is 0. The molecule has 6 heteroatoms. The molecule has 2 aromatic rings. The van der Waals surface area contributed by atoms with E-state index in [9.17, 15) is 9.59 Å². The maximum atomic E-state index is 12.8. The number of benzene rings is 2. The van der Waals surface area contributed by atoms with Crippen LogP contribution in [0.5, 0.6) is 0 Å². The third-order valence-electron chi connectivity index (χ3n) is 5.62. The number of nitrogens with one attached hydrogen (secondary N) is 1. The van der Waals surface area contributed by atoms with Crippen molar-refractivity contribution in [1.82, 2.24) is 15.1 Å². The van der Waals surface area contributed by atoms with Crippen LogP contribution in [-0.4, -0.2) is 66.5 Å². The number of amides is 2. The molecular formula is C23H27N3O3. The molecule has 4 rings (SSSR count). The number of fused-ring (bicyclic) bond motifs is 1. The molecule has 2 aliphatic rings. The molecule has 2 saturated heterocycles. The van der Waals surface area contributed by atoms with Gasteiger partial charge in [0.05, 0.1) is 13.2 Å². The highest BCUT2D eigenvalue weighted by atomic mass is 16.5. The van der Waals surface area contributed by atoms with E-state index in [-0.39, 0.29) is 18.4 Å². The lowest BCUT2D eigenvalue weighted by Crippen LogP contribution is -2.70. The second-order valence-corrected chi connectivity index (χ2v) is 7.65. The zero-order valence-electron chi connectivity index (χ0n) is 16.5. The summed E-state index contributed by atoms with van der Waals surface area (Å²) in [5.74, 6) is -0.118. The van der Waals surface area contributed by atoms with Crippen LogP contribution in [0.1, 0.15) is 11.1 Å². The van der Waals surface area contributed by atoms with Crippen LogP contribution < -0.4 is 5.32 Å². The van der Waals surface area contributed by atoms with E-state index < -0.39 is 12.1 Å². The van der Waals surface area contributed by atoms with E-state index in [0.29, 0.717) is 19.7 Å². The first-order valence-corrected chi connectivity index (χ1v) is 10.2. The third-order valence-corrected chi connectivity index (χ3v) is 5.62. The quantitative estimate of drug-likeness (QED) is 0.774. The van der Waals surface area contributed by atoms with E-state index in [0.717, 1.165) is 25.1 Å². The minimum atomic E-state index is -0.599. The first-order valence-electron chi connectivity index (χ1n) is 10.2. The van der Waals surface area contributed by atoms with Crippen molar-refractivity contribution in [3.05, 3.63) is 71.8 Å². The fraction of sp³-hybridized carbons (Fsp3) is 0.391. The standard InChI is InChI=1S/C23H27N3O3/c27-22-21-15-25(12-11-18-7-3-1-4-8-18)13-14-26(21)23(28)20(24-22)17-29-16-19-9-5-2-6-10-19/h1-10,20-21H,11-17H2,(H,24,27)/t20-,21+/m0/s1. The molecule has 0 bridgehead atoms. The van der Waals surface area contributed by atoms with Gasteiger partial charge in [0.15, 0.2) is 0 Å². The number of hydrogen-bond acceptors (Lipinski definition) is 4. The van der Waals surface area contributed by atoms with Gasteiger partial charge in [-0.05, 0) is 17.5 Å². The monoisotopic (exact) mass is 393 g/mol. The molecular weight excluding hydrogens is 366 g/mol. The van der Waals surface area contributed by atoms with Gasteiger partial charge < -0.3 is 15.0 Å². The van der Waals surface area contributed by atoms with Crippen LogP contribution in [0.4, 0.5) is 0 Å². The first kappa shape index (κ1) is 19.6. The topological polar surface area (TPSA) is 61.9 Å². The average Bonchev–Trinajstić information content (AvgIpc) is 2.77. The van der Waals surface area contributed by atoms with Crippen molar-refractivity contribution in [2.45, 2.75) is 25.1 Å². The average molecular weight is 393 g/mol. The zero-order chi connectivity index (χ0) is 20.1. The van der Waals surface area contributed by atoms with Crippen LogP contribution in [0, 0.1) is 0 Å². The molecule has 2 fully saturated rings. The Bertz CT molecular complexity index is 828. The van der Waals surface area contributed by atoms with Crippen LogP contribution in [-0.2, 0) is 27.4 Å². The number of carbonyl (C=O) groups is 2. The van der Waals surface area contributed by atoms with Gasteiger partial charge in [0.1, 0.15) is 12.1 Å². The molecule has 2 heterocycles. The molecule has 0 saturated carbocycles. The summed E-state index contributed by atoms with van der Waals surface area (Å²) in [5.41, 5.74) is 2.33. The number of nitrogens with zero attached hydrogens (tertiary/aromatic N) is 2. The lowest BCUT2D eigenvalue weighted by molar-refractivity contribution is -0.154. The normalized spacial score (nSPS) is 22.3. The van der Waals surface area contributed by atoms with Gasteiger partial charge in [0.25, 0.3) is 0 Å². The fourth-order valence-electron chi connectivity index (χ4n) is 3.97. The second-order valence-electron chi connectivity index (χ2n) is 7.65. The van der Waals surface area contributed by atoms with Crippen molar-refractivity contribution < 1.29 is 14.3 Å². The highest BCUT2D eigenvalue weighted by molar-refractivity contribution is 5.97. The van der Waals surface area contributed by atoms with E-state index in [1.54, 1.807) is 4.90 Å². The molecule has 0 radical (unpaired) electrons. The number of rotatable bonds is 7. The minimum absolute atomic E-state index is 0.0367.